The summed E-state index contributed by atoms with van der Waals surface area (Å²) in [6.45, 7) is 6.58. The van der Waals surface area contributed by atoms with Crippen LogP contribution in [0.2, 0.25) is 0 Å². The molecule has 1 aliphatic heterocycles. The van der Waals surface area contributed by atoms with Crippen molar-refractivity contribution in [3.8, 4) is 0 Å². The maximum absolute atomic E-state index is 11.8. The number of hydrogen-bond donors (Lipinski definition) is 2. The number of carbonyl (C=O) groups excluding carboxylic acids is 1. The number of nitrogens with one attached hydrogen (secondary N) is 2. The van der Waals surface area contributed by atoms with Gasteiger partial charge in [0.05, 0.1) is 0 Å². The second-order valence-electron chi connectivity index (χ2n) is 6.29. The Labute approximate surface area is 168 Å². The molecule has 2 rings (SSSR count). The molecule has 6 heteroatoms. The van der Waals surface area contributed by atoms with Crippen LogP contribution in [0, 0.1) is 0 Å². The van der Waals surface area contributed by atoms with Crippen molar-refractivity contribution in [2.45, 2.75) is 45.1 Å². The van der Waals surface area contributed by atoms with Crippen LogP contribution in [0.1, 0.15) is 44.6 Å². The average Bonchev–Trinajstić information content (AvgIpc) is 3.10. The zero-order valence-corrected chi connectivity index (χ0v) is 17.8. The highest BCUT2D eigenvalue weighted by atomic mass is 127. The van der Waals surface area contributed by atoms with Crippen molar-refractivity contribution < 1.29 is 4.79 Å². The molecule has 0 bridgehead atoms. The lowest BCUT2D eigenvalue weighted by molar-refractivity contribution is -0.129. The summed E-state index contributed by atoms with van der Waals surface area (Å²) in [4.78, 5) is 18.0. The van der Waals surface area contributed by atoms with Gasteiger partial charge in [0.15, 0.2) is 5.96 Å². The molecule has 0 spiro atoms. The van der Waals surface area contributed by atoms with Crippen molar-refractivity contribution in [3.05, 3.63) is 35.9 Å². The number of hydrogen-bond acceptors (Lipinski definition) is 2. The number of benzene rings is 1. The molecule has 2 unspecified atom stereocenters. The van der Waals surface area contributed by atoms with Crippen LogP contribution < -0.4 is 10.6 Å². The molecule has 1 saturated heterocycles. The molecule has 2 atom stereocenters. The van der Waals surface area contributed by atoms with Gasteiger partial charge in [-0.15, -0.1) is 24.0 Å². The lowest BCUT2D eigenvalue weighted by Crippen LogP contribution is -2.46. The highest BCUT2D eigenvalue weighted by molar-refractivity contribution is 14.0. The van der Waals surface area contributed by atoms with E-state index in [1.807, 2.05) is 17.9 Å². The number of likely N-dealkylation sites (tertiary alicyclic amines) is 1. The Morgan fingerprint density at radius 1 is 1.32 bits per heavy atom. The van der Waals surface area contributed by atoms with Crippen LogP contribution in [-0.4, -0.2) is 49.5 Å². The van der Waals surface area contributed by atoms with E-state index in [-0.39, 0.29) is 35.9 Å². The van der Waals surface area contributed by atoms with Gasteiger partial charge in [-0.25, -0.2) is 0 Å². The molecule has 1 fully saturated rings. The van der Waals surface area contributed by atoms with Gasteiger partial charge in [0, 0.05) is 45.1 Å². The standard InChI is InChI=1S/C19H30N4O.HI/c1-4-15(16-9-7-6-8-10-16)13-21-19(20-3)22-17-11-12-23(14-17)18(24)5-2;/h6-10,15,17H,4-5,11-14H2,1-3H3,(H2,20,21,22);1H. The number of guanidine groups is 1. The lowest BCUT2D eigenvalue weighted by atomic mass is 9.97. The smallest absolute Gasteiger partial charge is 0.222 e. The normalized spacial score (nSPS) is 18.4. The van der Waals surface area contributed by atoms with Crippen molar-refractivity contribution in [3.63, 3.8) is 0 Å². The molecule has 0 saturated carbocycles. The summed E-state index contributed by atoms with van der Waals surface area (Å²) in [5.74, 6) is 1.52. The van der Waals surface area contributed by atoms with Gasteiger partial charge in [-0.1, -0.05) is 44.2 Å². The van der Waals surface area contributed by atoms with Gasteiger partial charge in [0.25, 0.3) is 0 Å². The molecule has 1 aliphatic rings. The van der Waals surface area contributed by atoms with Gasteiger partial charge in [-0.05, 0) is 18.4 Å². The van der Waals surface area contributed by atoms with E-state index in [9.17, 15) is 4.79 Å². The average molecular weight is 458 g/mol. The van der Waals surface area contributed by atoms with Gasteiger partial charge in [0.1, 0.15) is 0 Å². The van der Waals surface area contributed by atoms with Gasteiger partial charge in [-0.3, -0.25) is 9.79 Å². The summed E-state index contributed by atoms with van der Waals surface area (Å²) in [6, 6.07) is 10.9. The first kappa shape index (κ1) is 21.7. The van der Waals surface area contributed by atoms with E-state index in [2.05, 4.69) is 46.8 Å². The minimum Gasteiger partial charge on any atom is -0.356 e. The van der Waals surface area contributed by atoms with Crippen molar-refractivity contribution in [2.75, 3.05) is 26.7 Å². The molecular formula is C19H31IN4O. The molecule has 1 aromatic rings. The van der Waals surface area contributed by atoms with E-state index >= 15 is 0 Å². The van der Waals surface area contributed by atoms with Crippen LogP contribution >= 0.6 is 24.0 Å². The molecular weight excluding hydrogens is 427 g/mol. The van der Waals surface area contributed by atoms with E-state index in [1.165, 1.54) is 5.56 Å². The minimum absolute atomic E-state index is 0. The molecule has 1 amide bonds. The Kier molecular flexibility index (Phi) is 9.85. The third-order valence-corrected chi connectivity index (χ3v) is 4.69. The highest BCUT2D eigenvalue weighted by Gasteiger charge is 2.25. The molecule has 0 aromatic heterocycles. The maximum atomic E-state index is 11.8. The summed E-state index contributed by atoms with van der Waals surface area (Å²) in [7, 11) is 1.79. The highest BCUT2D eigenvalue weighted by Crippen LogP contribution is 2.18. The molecule has 25 heavy (non-hydrogen) atoms. The van der Waals surface area contributed by atoms with Gasteiger partial charge in [0.2, 0.25) is 5.91 Å². The van der Waals surface area contributed by atoms with E-state index in [0.717, 1.165) is 38.4 Å². The predicted octanol–water partition coefficient (Wildman–Crippen LogP) is 2.97. The largest absolute Gasteiger partial charge is 0.356 e. The van der Waals surface area contributed by atoms with E-state index < -0.39 is 0 Å². The predicted molar refractivity (Wildman–Crippen MR) is 115 cm³/mol. The number of amides is 1. The van der Waals surface area contributed by atoms with Crippen LogP contribution in [0.15, 0.2) is 35.3 Å². The Balaban J connectivity index is 0.00000312. The second kappa shape index (κ2) is 11.3. The Hall–Kier alpha value is -1.31. The monoisotopic (exact) mass is 458 g/mol. The topological polar surface area (TPSA) is 56.7 Å². The third kappa shape index (κ3) is 6.49. The van der Waals surface area contributed by atoms with Crippen LogP contribution in [0.3, 0.4) is 0 Å². The minimum atomic E-state index is 0. The molecule has 1 heterocycles. The van der Waals surface area contributed by atoms with Crippen molar-refractivity contribution in [1.82, 2.24) is 15.5 Å². The Morgan fingerprint density at radius 3 is 2.64 bits per heavy atom. The molecule has 0 aliphatic carbocycles. The molecule has 0 radical (unpaired) electrons. The van der Waals surface area contributed by atoms with E-state index in [0.29, 0.717) is 12.3 Å². The third-order valence-electron chi connectivity index (χ3n) is 4.69. The zero-order chi connectivity index (χ0) is 17.4. The van der Waals surface area contributed by atoms with Gasteiger partial charge in [-0.2, -0.15) is 0 Å². The van der Waals surface area contributed by atoms with Crippen LogP contribution in [0.4, 0.5) is 0 Å². The molecule has 5 nitrogen and oxygen atoms in total. The number of rotatable bonds is 6. The summed E-state index contributed by atoms with van der Waals surface area (Å²) >= 11 is 0. The van der Waals surface area contributed by atoms with Crippen LogP contribution in [-0.2, 0) is 4.79 Å². The molecule has 140 valence electrons. The number of halogens is 1. The number of nitrogens with zero attached hydrogens (tertiary/aromatic N) is 2. The van der Waals surface area contributed by atoms with E-state index in [4.69, 9.17) is 0 Å². The first-order valence-corrected chi connectivity index (χ1v) is 8.97. The lowest BCUT2D eigenvalue weighted by Gasteiger charge is -2.21. The first-order chi connectivity index (χ1) is 11.7. The second-order valence-corrected chi connectivity index (χ2v) is 6.29. The Bertz CT molecular complexity index is 550. The van der Waals surface area contributed by atoms with Crippen molar-refractivity contribution in [1.29, 1.82) is 0 Å². The number of aliphatic imine (C=N–C) groups is 1. The SMILES string of the molecule is CCC(=O)N1CCC(NC(=NC)NCC(CC)c2ccccc2)C1.I. The van der Waals surface area contributed by atoms with Gasteiger partial charge < -0.3 is 15.5 Å². The molecule has 2 N–H and O–H groups in total. The fourth-order valence-electron chi connectivity index (χ4n) is 3.16. The summed E-state index contributed by atoms with van der Waals surface area (Å²) in [5, 5.41) is 6.89. The number of carbonyl (C=O) groups is 1. The fraction of sp³-hybridized carbons (Fsp3) is 0.579. The van der Waals surface area contributed by atoms with Crippen LogP contribution in [0.25, 0.3) is 0 Å². The van der Waals surface area contributed by atoms with Crippen molar-refractivity contribution >= 4 is 35.8 Å². The molecule has 1 aromatic carbocycles. The van der Waals surface area contributed by atoms with Gasteiger partial charge >= 0.3 is 0 Å². The fourth-order valence-corrected chi connectivity index (χ4v) is 3.16. The Morgan fingerprint density at radius 2 is 2.04 bits per heavy atom. The van der Waals surface area contributed by atoms with Crippen LogP contribution in [0.5, 0.6) is 0 Å². The maximum Gasteiger partial charge on any atom is 0.222 e. The summed E-state index contributed by atoms with van der Waals surface area (Å²) < 4.78 is 0. The van der Waals surface area contributed by atoms with E-state index in [1.54, 1.807) is 7.05 Å². The quantitative estimate of drug-likeness (QED) is 0.392. The summed E-state index contributed by atoms with van der Waals surface area (Å²) in [6.07, 6.45) is 2.63. The summed E-state index contributed by atoms with van der Waals surface area (Å²) in [5.41, 5.74) is 1.35. The zero-order valence-electron chi connectivity index (χ0n) is 15.5. The first-order valence-electron chi connectivity index (χ1n) is 8.97. The van der Waals surface area contributed by atoms with Crippen molar-refractivity contribution in [2.24, 2.45) is 4.99 Å².